The molecule has 1 aliphatic rings. The third kappa shape index (κ3) is 2.31. The molecule has 2 heterocycles. The number of benzene rings is 1. The number of methoxy groups -OCH3 is 1. The highest BCUT2D eigenvalue weighted by Crippen LogP contribution is 2.34. The Balaban J connectivity index is 2.04. The van der Waals surface area contributed by atoms with Gasteiger partial charge in [-0.3, -0.25) is 0 Å². The van der Waals surface area contributed by atoms with E-state index in [1.165, 1.54) is 0 Å². The molecule has 0 amide bonds. The summed E-state index contributed by atoms with van der Waals surface area (Å²) in [4.78, 5) is 8.52. The van der Waals surface area contributed by atoms with Gasteiger partial charge in [0.1, 0.15) is 13.2 Å². The minimum Gasteiger partial charge on any atom is -0.486 e. The third-order valence-electron chi connectivity index (χ3n) is 2.85. The molecule has 0 atom stereocenters. The van der Waals surface area contributed by atoms with Gasteiger partial charge in [0.25, 0.3) is 0 Å². The molecule has 1 aromatic carbocycles. The molecule has 0 saturated carbocycles. The van der Waals surface area contributed by atoms with Gasteiger partial charge in [0.2, 0.25) is 0 Å². The maximum absolute atomic E-state index is 5.57. The fourth-order valence-corrected chi connectivity index (χ4v) is 1.98. The molecule has 3 rings (SSSR count). The second-order valence-electron chi connectivity index (χ2n) is 4.24. The van der Waals surface area contributed by atoms with Gasteiger partial charge >= 0.3 is 6.01 Å². The van der Waals surface area contributed by atoms with Gasteiger partial charge in [-0.05, 0) is 31.2 Å². The molecular weight excluding hydrogens is 244 g/mol. The Bertz CT molecular complexity index is 614. The van der Waals surface area contributed by atoms with Crippen LogP contribution in [-0.4, -0.2) is 30.3 Å². The largest absolute Gasteiger partial charge is 0.486 e. The van der Waals surface area contributed by atoms with Gasteiger partial charge in [-0.15, -0.1) is 0 Å². The molecule has 0 fully saturated rings. The first kappa shape index (κ1) is 11.8. The monoisotopic (exact) mass is 258 g/mol. The van der Waals surface area contributed by atoms with E-state index in [2.05, 4.69) is 9.97 Å². The van der Waals surface area contributed by atoms with Crippen LogP contribution in [0.1, 0.15) is 5.69 Å². The highest BCUT2D eigenvalue weighted by molar-refractivity contribution is 5.64. The molecule has 0 aliphatic carbocycles. The number of ether oxygens (including phenoxy) is 3. The first-order chi connectivity index (χ1) is 9.26. The molecule has 0 saturated heterocycles. The van der Waals surface area contributed by atoms with Gasteiger partial charge in [0.15, 0.2) is 11.5 Å². The normalized spacial score (nSPS) is 13.2. The molecule has 5 heteroatoms. The van der Waals surface area contributed by atoms with Crippen molar-refractivity contribution in [2.24, 2.45) is 0 Å². The number of fused-ring (bicyclic) bond motifs is 1. The third-order valence-corrected chi connectivity index (χ3v) is 2.85. The van der Waals surface area contributed by atoms with Crippen LogP contribution in [0.4, 0.5) is 0 Å². The van der Waals surface area contributed by atoms with Gasteiger partial charge < -0.3 is 14.2 Å². The Morgan fingerprint density at radius 3 is 2.63 bits per heavy atom. The second kappa shape index (κ2) is 4.76. The molecule has 19 heavy (non-hydrogen) atoms. The van der Waals surface area contributed by atoms with Gasteiger partial charge in [-0.2, -0.15) is 4.98 Å². The van der Waals surface area contributed by atoms with E-state index in [1.807, 2.05) is 31.2 Å². The van der Waals surface area contributed by atoms with Crippen LogP contribution in [0.3, 0.4) is 0 Å². The van der Waals surface area contributed by atoms with Gasteiger partial charge in [-0.1, -0.05) is 0 Å². The molecule has 2 aromatic rings. The van der Waals surface area contributed by atoms with Gasteiger partial charge in [0, 0.05) is 11.3 Å². The summed E-state index contributed by atoms with van der Waals surface area (Å²) < 4.78 is 16.2. The molecule has 98 valence electrons. The average molecular weight is 258 g/mol. The van der Waals surface area contributed by atoms with Crippen LogP contribution in [0.25, 0.3) is 11.3 Å². The minimum absolute atomic E-state index is 0.366. The summed E-state index contributed by atoms with van der Waals surface area (Å²) in [6.07, 6.45) is 0. The van der Waals surface area contributed by atoms with Crippen molar-refractivity contribution in [3.63, 3.8) is 0 Å². The molecule has 5 nitrogen and oxygen atoms in total. The van der Waals surface area contributed by atoms with Crippen molar-refractivity contribution in [3.8, 4) is 28.8 Å². The van der Waals surface area contributed by atoms with Crippen LogP contribution in [-0.2, 0) is 0 Å². The highest BCUT2D eigenvalue weighted by atomic mass is 16.6. The zero-order chi connectivity index (χ0) is 13.2. The molecule has 0 radical (unpaired) electrons. The lowest BCUT2D eigenvalue weighted by Gasteiger charge is -2.18. The predicted octanol–water partition coefficient (Wildman–Crippen LogP) is 2.23. The van der Waals surface area contributed by atoms with E-state index in [0.717, 1.165) is 28.5 Å². The van der Waals surface area contributed by atoms with Crippen molar-refractivity contribution in [1.29, 1.82) is 0 Å². The van der Waals surface area contributed by atoms with Crippen molar-refractivity contribution in [1.82, 2.24) is 9.97 Å². The number of hydrogen-bond donors (Lipinski definition) is 0. The van der Waals surface area contributed by atoms with E-state index in [0.29, 0.717) is 19.2 Å². The van der Waals surface area contributed by atoms with Crippen LogP contribution in [0.5, 0.6) is 17.5 Å². The molecule has 0 unspecified atom stereocenters. The number of aromatic nitrogens is 2. The number of nitrogens with zero attached hydrogens (tertiary/aromatic N) is 2. The topological polar surface area (TPSA) is 53.5 Å². The zero-order valence-electron chi connectivity index (χ0n) is 10.8. The van der Waals surface area contributed by atoms with E-state index in [1.54, 1.807) is 7.11 Å². The van der Waals surface area contributed by atoms with E-state index in [4.69, 9.17) is 14.2 Å². The van der Waals surface area contributed by atoms with E-state index < -0.39 is 0 Å². The Kier molecular flexibility index (Phi) is 2.95. The minimum atomic E-state index is 0.366. The van der Waals surface area contributed by atoms with Crippen molar-refractivity contribution in [2.75, 3.05) is 20.3 Å². The maximum Gasteiger partial charge on any atom is 0.316 e. The summed E-state index contributed by atoms with van der Waals surface area (Å²) >= 11 is 0. The van der Waals surface area contributed by atoms with E-state index in [9.17, 15) is 0 Å². The lowest BCUT2D eigenvalue weighted by molar-refractivity contribution is 0.171. The fraction of sp³-hybridized carbons (Fsp3) is 0.286. The maximum atomic E-state index is 5.57. The molecule has 0 spiro atoms. The summed E-state index contributed by atoms with van der Waals surface area (Å²) in [5, 5.41) is 0. The van der Waals surface area contributed by atoms with Crippen molar-refractivity contribution in [3.05, 3.63) is 30.0 Å². The SMILES string of the molecule is COc1nc(C)cc(-c2ccc3c(c2)OCCO3)n1. The van der Waals surface area contributed by atoms with E-state index in [-0.39, 0.29) is 0 Å². The van der Waals surface area contributed by atoms with Crippen LogP contribution in [0, 0.1) is 6.92 Å². The highest BCUT2D eigenvalue weighted by Gasteiger charge is 2.13. The number of aryl methyl sites for hydroxylation is 1. The van der Waals surface area contributed by atoms with Crippen molar-refractivity contribution >= 4 is 0 Å². The standard InChI is InChI=1S/C14H14N2O3/c1-9-7-11(16-14(15-9)17-2)10-3-4-12-13(8-10)19-6-5-18-12/h3-4,7-8H,5-6H2,1-2H3. The molecule has 0 bridgehead atoms. The summed E-state index contributed by atoms with van der Waals surface area (Å²) in [6, 6.07) is 8.05. The predicted molar refractivity (Wildman–Crippen MR) is 69.7 cm³/mol. The van der Waals surface area contributed by atoms with Crippen LogP contribution in [0.15, 0.2) is 24.3 Å². The van der Waals surface area contributed by atoms with Crippen molar-refractivity contribution < 1.29 is 14.2 Å². The average Bonchev–Trinajstić information content (AvgIpc) is 2.46. The quantitative estimate of drug-likeness (QED) is 0.826. The van der Waals surface area contributed by atoms with E-state index >= 15 is 0 Å². The zero-order valence-corrected chi connectivity index (χ0v) is 10.8. The molecule has 1 aromatic heterocycles. The smallest absolute Gasteiger partial charge is 0.316 e. The summed E-state index contributed by atoms with van der Waals surface area (Å²) in [5.41, 5.74) is 2.62. The van der Waals surface area contributed by atoms with Gasteiger partial charge in [0.05, 0.1) is 12.8 Å². The van der Waals surface area contributed by atoms with Crippen molar-refractivity contribution in [2.45, 2.75) is 6.92 Å². The van der Waals surface area contributed by atoms with Crippen LogP contribution >= 0.6 is 0 Å². The van der Waals surface area contributed by atoms with Gasteiger partial charge in [-0.25, -0.2) is 4.98 Å². The first-order valence-corrected chi connectivity index (χ1v) is 6.06. The lowest BCUT2D eigenvalue weighted by atomic mass is 10.1. The fourth-order valence-electron chi connectivity index (χ4n) is 1.98. The lowest BCUT2D eigenvalue weighted by Crippen LogP contribution is -2.15. The van der Waals surface area contributed by atoms with Crippen LogP contribution in [0.2, 0.25) is 0 Å². The second-order valence-corrected chi connectivity index (χ2v) is 4.24. The summed E-state index contributed by atoms with van der Waals surface area (Å²) in [6.45, 7) is 3.07. The Labute approximate surface area is 111 Å². The number of hydrogen-bond acceptors (Lipinski definition) is 5. The number of rotatable bonds is 2. The Morgan fingerprint density at radius 1 is 1.05 bits per heavy atom. The molecule has 1 aliphatic heterocycles. The summed E-state index contributed by atoms with van der Waals surface area (Å²) in [5.74, 6) is 1.52. The Hall–Kier alpha value is -2.30. The molecular formula is C14H14N2O3. The van der Waals surface area contributed by atoms with Crippen LogP contribution < -0.4 is 14.2 Å². The molecule has 0 N–H and O–H groups in total. The first-order valence-electron chi connectivity index (χ1n) is 6.06. The summed E-state index contributed by atoms with van der Waals surface area (Å²) in [7, 11) is 1.56. The Morgan fingerprint density at radius 2 is 1.84 bits per heavy atom.